The standard InChI is InChI=1S/C20H17N3O3S/c1-13-10-17(22-26-13)19(24)23(12-14-6-4-3-5-7-14)20-21-16-11-15(25-2)8-9-18(16)27-20/h3-11H,12H2,1-2H3. The maximum Gasteiger partial charge on any atom is 0.282 e. The van der Waals surface area contributed by atoms with Gasteiger partial charge in [0.1, 0.15) is 11.5 Å². The number of amides is 1. The minimum atomic E-state index is -0.248. The van der Waals surface area contributed by atoms with Crippen molar-refractivity contribution >= 4 is 32.6 Å². The fraction of sp³-hybridized carbons (Fsp3) is 0.150. The highest BCUT2D eigenvalue weighted by atomic mass is 32.1. The van der Waals surface area contributed by atoms with Crippen LogP contribution in [-0.2, 0) is 6.54 Å². The molecule has 6 nitrogen and oxygen atoms in total. The van der Waals surface area contributed by atoms with E-state index < -0.39 is 0 Å². The predicted molar refractivity (Wildman–Crippen MR) is 104 cm³/mol. The summed E-state index contributed by atoms with van der Waals surface area (Å²) in [6.45, 7) is 2.15. The Morgan fingerprint density at radius 3 is 2.70 bits per heavy atom. The van der Waals surface area contributed by atoms with Crippen molar-refractivity contribution < 1.29 is 14.1 Å². The summed E-state index contributed by atoms with van der Waals surface area (Å²) in [6.07, 6.45) is 0. The van der Waals surface area contributed by atoms with Gasteiger partial charge in [0.2, 0.25) is 0 Å². The largest absolute Gasteiger partial charge is 0.497 e. The van der Waals surface area contributed by atoms with Crippen LogP contribution in [0, 0.1) is 6.92 Å². The molecule has 136 valence electrons. The quantitative estimate of drug-likeness (QED) is 0.512. The minimum absolute atomic E-state index is 0.248. The summed E-state index contributed by atoms with van der Waals surface area (Å²) in [6, 6.07) is 17.1. The van der Waals surface area contributed by atoms with Crippen molar-refractivity contribution in [2.75, 3.05) is 12.0 Å². The lowest BCUT2D eigenvalue weighted by molar-refractivity contribution is 0.0976. The molecule has 0 N–H and O–H groups in total. The van der Waals surface area contributed by atoms with Crippen molar-refractivity contribution in [1.82, 2.24) is 10.1 Å². The molecule has 4 aromatic rings. The molecule has 1 amide bonds. The van der Waals surface area contributed by atoms with Gasteiger partial charge >= 0.3 is 0 Å². The van der Waals surface area contributed by atoms with Gasteiger partial charge in [0, 0.05) is 12.1 Å². The fourth-order valence-corrected chi connectivity index (χ4v) is 3.68. The Balaban J connectivity index is 1.75. The Bertz CT molecular complexity index is 1090. The molecule has 0 spiro atoms. The monoisotopic (exact) mass is 379 g/mol. The topological polar surface area (TPSA) is 68.5 Å². The van der Waals surface area contributed by atoms with E-state index in [1.807, 2.05) is 48.5 Å². The van der Waals surface area contributed by atoms with E-state index in [0.29, 0.717) is 17.4 Å². The number of ether oxygens (including phenoxy) is 1. The van der Waals surface area contributed by atoms with Gasteiger partial charge in [-0.1, -0.05) is 46.8 Å². The normalized spacial score (nSPS) is 10.9. The number of aryl methyl sites for hydroxylation is 1. The molecule has 0 aliphatic rings. The SMILES string of the molecule is COc1ccc2sc(N(Cc3ccccc3)C(=O)c3cc(C)on3)nc2c1. The summed E-state index contributed by atoms with van der Waals surface area (Å²) in [5.41, 5.74) is 2.06. The van der Waals surface area contributed by atoms with E-state index in [1.54, 1.807) is 25.0 Å². The zero-order valence-corrected chi connectivity index (χ0v) is 15.7. The van der Waals surface area contributed by atoms with Crippen molar-refractivity contribution in [3.8, 4) is 5.75 Å². The second-order valence-corrected chi connectivity index (χ2v) is 7.04. The first-order chi connectivity index (χ1) is 13.1. The molecule has 2 heterocycles. The third kappa shape index (κ3) is 3.54. The van der Waals surface area contributed by atoms with Gasteiger partial charge in [0.15, 0.2) is 10.8 Å². The van der Waals surface area contributed by atoms with Crippen molar-refractivity contribution in [1.29, 1.82) is 0 Å². The molecule has 0 aliphatic heterocycles. The molecule has 0 atom stereocenters. The van der Waals surface area contributed by atoms with Crippen LogP contribution in [0.15, 0.2) is 59.1 Å². The number of nitrogens with zero attached hydrogens (tertiary/aromatic N) is 3. The number of benzene rings is 2. The Morgan fingerprint density at radius 1 is 1.19 bits per heavy atom. The summed E-state index contributed by atoms with van der Waals surface area (Å²) in [5.74, 6) is 1.07. The summed E-state index contributed by atoms with van der Waals surface area (Å²) in [7, 11) is 1.62. The number of rotatable bonds is 5. The van der Waals surface area contributed by atoms with Crippen LogP contribution < -0.4 is 9.64 Å². The van der Waals surface area contributed by atoms with Crippen LogP contribution in [-0.4, -0.2) is 23.2 Å². The lowest BCUT2D eigenvalue weighted by Gasteiger charge is -2.18. The second kappa shape index (κ2) is 7.20. The maximum atomic E-state index is 13.1. The Labute approximate surface area is 160 Å². The number of carbonyl (C=O) groups excluding carboxylic acids is 1. The number of hydrogen-bond acceptors (Lipinski definition) is 6. The molecule has 0 saturated heterocycles. The lowest BCUT2D eigenvalue weighted by atomic mass is 10.2. The minimum Gasteiger partial charge on any atom is -0.497 e. The molecular formula is C20H17N3O3S. The van der Waals surface area contributed by atoms with Gasteiger partial charge < -0.3 is 9.26 Å². The summed E-state index contributed by atoms with van der Waals surface area (Å²) >= 11 is 1.45. The van der Waals surface area contributed by atoms with Gasteiger partial charge in [-0.25, -0.2) is 4.98 Å². The van der Waals surface area contributed by atoms with Gasteiger partial charge in [0.05, 0.1) is 23.9 Å². The van der Waals surface area contributed by atoms with E-state index in [1.165, 1.54) is 11.3 Å². The Hall–Kier alpha value is -3.19. The molecule has 2 aromatic carbocycles. The van der Waals surface area contributed by atoms with E-state index in [-0.39, 0.29) is 11.6 Å². The first-order valence-corrected chi connectivity index (χ1v) is 9.19. The molecule has 4 rings (SSSR count). The first-order valence-electron chi connectivity index (χ1n) is 8.38. The Morgan fingerprint density at radius 2 is 2.00 bits per heavy atom. The average molecular weight is 379 g/mol. The number of fused-ring (bicyclic) bond motifs is 1. The van der Waals surface area contributed by atoms with Gasteiger partial charge in [-0.15, -0.1) is 0 Å². The van der Waals surface area contributed by atoms with Crippen LogP contribution in [0.2, 0.25) is 0 Å². The van der Waals surface area contributed by atoms with Crippen LogP contribution in [0.4, 0.5) is 5.13 Å². The van der Waals surface area contributed by atoms with Crippen molar-refractivity contribution in [2.45, 2.75) is 13.5 Å². The van der Waals surface area contributed by atoms with Crippen LogP contribution >= 0.6 is 11.3 Å². The third-order valence-corrected chi connectivity index (χ3v) is 5.15. The van der Waals surface area contributed by atoms with Crippen LogP contribution in [0.5, 0.6) is 5.75 Å². The highest BCUT2D eigenvalue weighted by molar-refractivity contribution is 7.22. The Kier molecular flexibility index (Phi) is 4.60. The van der Waals surface area contributed by atoms with Crippen molar-refractivity contribution in [3.05, 3.63) is 71.6 Å². The highest BCUT2D eigenvalue weighted by Crippen LogP contribution is 2.32. The third-order valence-electron chi connectivity index (χ3n) is 4.09. The number of thiazole rings is 1. The summed E-state index contributed by atoms with van der Waals surface area (Å²) in [5, 5.41) is 4.48. The highest BCUT2D eigenvalue weighted by Gasteiger charge is 2.24. The number of methoxy groups -OCH3 is 1. The molecule has 0 aliphatic carbocycles. The van der Waals surface area contributed by atoms with E-state index in [0.717, 1.165) is 21.5 Å². The number of hydrogen-bond donors (Lipinski definition) is 0. The van der Waals surface area contributed by atoms with Crippen LogP contribution in [0.3, 0.4) is 0 Å². The number of anilines is 1. The van der Waals surface area contributed by atoms with E-state index >= 15 is 0 Å². The van der Waals surface area contributed by atoms with Gasteiger partial charge in [-0.2, -0.15) is 0 Å². The van der Waals surface area contributed by atoms with Crippen molar-refractivity contribution in [2.24, 2.45) is 0 Å². The van der Waals surface area contributed by atoms with E-state index in [9.17, 15) is 4.79 Å². The molecule has 27 heavy (non-hydrogen) atoms. The molecule has 7 heteroatoms. The number of carbonyl (C=O) groups is 1. The molecular weight excluding hydrogens is 362 g/mol. The van der Waals surface area contributed by atoms with Crippen LogP contribution in [0.25, 0.3) is 10.2 Å². The lowest BCUT2D eigenvalue weighted by Crippen LogP contribution is -2.30. The molecule has 2 aromatic heterocycles. The van der Waals surface area contributed by atoms with Gasteiger partial charge in [-0.05, 0) is 24.6 Å². The maximum absolute atomic E-state index is 13.1. The fourth-order valence-electron chi connectivity index (χ4n) is 2.74. The van der Waals surface area contributed by atoms with Gasteiger partial charge in [0.25, 0.3) is 5.91 Å². The summed E-state index contributed by atoms with van der Waals surface area (Å²) in [4.78, 5) is 19.4. The van der Waals surface area contributed by atoms with Crippen LogP contribution in [0.1, 0.15) is 21.8 Å². The van der Waals surface area contributed by atoms with Gasteiger partial charge in [-0.3, -0.25) is 9.69 Å². The number of aromatic nitrogens is 2. The smallest absolute Gasteiger partial charge is 0.282 e. The molecule has 0 radical (unpaired) electrons. The van der Waals surface area contributed by atoms with E-state index in [2.05, 4.69) is 10.1 Å². The first kappa shape index (κ1) is 17.2. The second-order valence-electron chi connectivity index (χ2n) is 6.03. The predicted octanol–water partition coefficient (Wildman–Crippen LogP) is 4.45. The molecule has 0 fully saturated rings. The molecule has 0 saturated carbocycles. The molecule has 0 unspecified atom stereocenters. The van der Waals surface area contributed by atoms with Crippen molar-refractivity contribution in [3.63, 3.8) is 0 Å². The summed E-state index contributed by atoms with van der Waals surface area (Å²) < 4.78 is 11.3. The zero-order valence-electron chi connectivity index (χ0n) is 14.9. The average Bonchev–Trinajstić information content (AvgIpc) is 3.31. The molecule has 0 bridgehead atoms. The van der Waals surface area contributed by atoms with E-state index in [4.69, 9.17) is 9.26 Å². The zero-order chi connectivity index (χ0) is 18.8.